The second-order valence-corrected chi connectivity index (χ2v) is 6.92. The minimum absolute atomic E-state index is 0.351. The van der Waals surface area contributed by atoms with Gasteiger partial charge in [0.05, 0.1) is 4.90 Å². The summed E-state index contributed by atoms with van der Waals surface area (Å²) in [6.07, 6.45) is 0.807. The van der Waals surface area contributed by atoms with Crippen LogP contribution < -0.4 is 5.32 Å². The van der Waals surface area contributed by atoms with Gasteiger partial charge in [-0.15, -0.1) is 0 Å². The molecule has 0 bridgehead atoms. The van der Waals surface area contributed by atoms with Crippen molar-refractivity contribution in [2.75, 3.05) is 46.1 Å². The molecule has 0 saturated heterocycles. The van der Waals surface area contributed by atoms with Crippen LogP contribution >= 0.6 is 0 Å². The van der Waals surface area contributed by atoms with Gasteiger partial charge in [-0.2, -0.15) is 4.31 Å². The van der Waals surface area contributed by atoms with Gasteiger partial charge in [0.25, 0.3) is 0 Å². The van der Waals surface area contributed by atoms with Crippen molar-refractivity contribution in [1.29, 1.82) is 0 Å². The van der Waals surface area contributed by atoms with E-state index in [2.05, 4.69) is 5.32 Å². The number of sulfonamides is 1. The fourth-order valence-corrected chi connectivity index (χ4v) is 3.38. The quantitative estimate of drug-likeness (QED) is 0.794. The molecule has 0 heterocycles. The molecule has 0 amide bonds. The molecule has 0 unspecified atom stereocenters. The van der Waals surface area contributed by atoms with Gasteiger partial charge in [-0.1, -0.05) is 6.92 Å². The highest BCUT2D eigenvalue weighted by Crippen LogP contribution is 2.18. The van der Waals surface area contributed by atoms with E-state index < -0.39 is 10.0 Å². The lowest BCUT2D eigenvalue weighted by atomic mass is 10.3. The second kappa shape index (κ2) is 7.61. The monoisotopic (exact) mass is 299 g/mol. The summed E-state index contributed by atoms with van der Waals surface area (Å²) in [6.45, 7) is 3.76. The maximum atomic E-state index is 12.6. The Morgan fingerprint density at radius 3 is 2.10 bits per heavy atom. The Kier molecular flexibility index (Phi) is 6.45. The number of nitrogens with zero attached hydrogens (tertiary/aromatic N) is 2. The fraction of sp³-hybridized carbons (Fsp3) is 0.571. The first-order valence-electron chi connectivity index (χ1n) is 6.84. The van der Waals surface area contributed by atoms with Gasteiger partial charge in [-0.25, -0.2) is 8.42 Å². The maximum absolute atomic E-state index is 12.6. The van der Waals surface area contributed by atoms with Crippen molar-refractivity contribution >= 4 is 15.7 Å². The summed E-state index contributed by atoms with van der Waals surface area (Å²) in [6, 6.07) is 6.87. The van der Waals surface area contributed by atoms with Gasteiger partial charge in [0.15, 0.2) is 0 Å². The van der Waals surface area contributed by atoms with Gasteiger partial charge in [0, 0.05) is 32.4 Å². The number of benzene rings is 1. The van der Waals surface area contributed by atoms with Crippen LogP contribution in [0.4, 0.5) is 5.69 Å². The molecule has 1 N–H and O–H groups in total. The van der Waals surface area contributed by atoms with Crippen LogP contribution in [-0.2, 0) is 10.0 Å². The van der Waals surface area contributed by atoms with E-state index >= 15 is 0 Å². The summed E-state index contributed by atoms with van der Waals surface area (Å²) in [5.74, 6) is 0. The molecule has 20 heavy (non-hydrogen) atoms. The van der Waals surface area contributed by atoms with Crippen LogP contribution in [0.1, 0.15) is 13.3 Å². The molecule has 0 aliphatic carbocycles. The lowest BCUT2D eigenvalue weighted by Crippen LogP contribution is -2.37. The highest BCUT2D eigenvalue weighted by Gasteiger charge is 2.23. The normalized spacial score (nSPS) is 12.1. The van der Waals surface area contributed by atoms with Crippen molar-refractivity contribution in [1.82, 2.24) is 9.21 Å². The molecule has 0 saturated carbocycles. The SMILES string of the molecule is CCCN(CCN(C)C)S(=O)(=O)c1ccc(NC)cc1. The molecule has 1 aromatic rings. The average molecular weight is 299 g/mol. The average Bonchev–Trinajstić information content (AvgIpc) is 2.43. The maximum Gasteiger partial charge on any atom is 0.243 e. The molecule has 1 aromatic carbocycles. The summed E-state index contributed by atoms with van der Waals surface area (Å²) in [5, 5.41) is 2.98. The van der Waals surface area contributed by atoms with E-state index in [0.717, 1.165) is 12.1 Å². The summed E-state index contributed by atoms with van der Waals surface area (Å²) < 4.78 is 26.8. The third-order valence-electron chi connectivity index (χ3n) is 3.05. The number of hydrogen-bond acceptors (Lipinski definition) is 4. The molecule has 0 aromatic heterocycles. The summed E-state index contributed by atoms with van der Waals surface area (Å²) >= 11 is 0. The molecule has 0 atom stereocenters. The summed E-state index contributed by atoms with van der Waals surface area (Å²) in [5.41, 5.74) is 0.902. The van der Waals surface area contributed by atoms with Crippen molar-refractivity contribution in [3.8, 4) is 0 Å². The third-order valence-corrected chi connectivity index (χ3v) is 4.96. The lowest BCUT2D eigenvalue weighted by Gasteiger charge is -2.23. The minimum Gasteiger partial charge on any atom is -0.388 e. The van der Waals surface area contributed by atoms with E-state index in [1.807, 2.05) is 33.0 Å². The van der Waals surface area contributed by atoms with E-state index in [0.29, 0.717) is 24.5 Å². The molecule has 0 radical (unpaired) electrons. The minimum atomic E-state index is -3.40. The largest absolute Gasteiger partial charge is 0.388 e. The Balaban J connectivity index is 2.95. The number of likely N-dealkylation sites (N-methyl/N-ethyl adjacent to an activating group) is 1. The van der Waals surface area contributed by atoms with Crippen molar-refractivity contribution in [3.63, 3.8) is 0 Å². The number of rotatable bonds is 8. The van der Waals surface area contributed by atoms with Gasteiger partial charge < -0.3 is 10.2 Å². The molecule has 5 nitrogen and oxygen atoms in total. The fourth-order valence-electron chi connectivity index (χ4n) is 1.86. The van der Waals surface area contributed by atoms with Crippen LogP contribution in [-0.4, -0.2) is 58.4 Å². The molecule has 0 aliphatic rings. The molecule has 0 aliphatic heterocycles. The first kappa shape index (κ1) is 16.9. The van der Waals surface area contributed by atoms with E-state index in [4.69, 9.17) is 0 Å². The Morgan fingerprint density at radius 2 is 1.65 bits per heavy atom. The van der Waals surface area contributed by atoms with E-state index in [1.165, 1.54) is 0 Å². The van der Waals surface area contributed by atoms with Crippen molar-refractivity contribution in [3.05, 3.63) is 24.3 Å². The summed E-state index contributed by atoms with van der Waals surface area (Å²) in [4.78, 5) is 2.34. The molecule has 0 fully saturated rings. The molecular formula is C14H25N3O2S. The van der Waals surface area contributed by atoms with Gasteiger partial charge in [-0.05, 0) is 44.8 Å². The van der Waals surface area contributed by atoms with Crippen LogP contribution in [0, 0.1) is 0 Å². The van der Waals surface area contributed by atoms with Crippen LogP contribution in [0.15, 0.2) is 29.2 Å². The van der Waals surface area contributed by atoms with Gasteiger partial charge in [-0.3, -0.25) is 0 Å². The summed E-state index contributed by atoms with van der Waals surface area (Å²) in [7, 11) is 2.29. The Hall–Kier alpha value is -1.11. The van der Waals surface area contributed by atoms with Crippen LogP contribution in [0.3, 0.4) is 0 Å². The third kappa shape index (κ3) is 4.47. The highest BCUT2D eigenvalue weighted by atomic mass is 32.2. The van der Waals surface area contributed by atoms with Crippen molar-refractivity contribution in [2.45, 2.75) is 18.2 Å². The van der Waals surface area contributed by atoms with Crippen molar-refractivity contribution < 1.29 is 8.42 Å². The van der Waals surface area contributed by atoms with Gasteiger partial charge in [0.1, 0.15) is 0 Å². The van der Waals surface area contributed by atoms with E-state index in [9.17, 15) is 8.42 Å². The molecule has 0 spiro atoms. The molecule has 1 rings (SSSR count). The number of hydrogen-bond donors (Lipinski definition) is 1. The Morgan fingerprint density at radius 1 is 1.05 bits per heavy atom. The van der Waals surface area contributed by atoms with Crippen LogP contribution in [0.25, 0.3) is 0 Å². The molecule has 6 heteroatoms. The zero-order valence-electron chi connectivity index (χ0n) is 12.8. The second-order valence-electron chi connectivity index (χ2n) is 4.98. The number of anilines is 1. The van der Waals surface area contributed by atoms with E-state index in [1.54, 1.807) is 28.6 Å². The zero-order chi connectivity index (χ0) is 15.2. The van der Waals surface area contributed by atoms with Gasteiger partial charge >= 0.3 is 0 Å². The van der Waals surface area contributed by atoms with Crippen molar-refractivity contribution in [2.24, 2.45) is 0 Å². The topological polar surface area (TPSA) is 52.7 Å². The predicted molar refractivity (Wildman–Crippen MR) is 83.6 cm³/mol. The van der Waals surface area contributed by atoms with Gasteiger partial charge in [0.2, 0.25) is 10.0 Å². The Labute approximate surface area is 122 Å². The van der Waals surface area contributed by atoms with E-state index in [-0.39, 0.29) is 0 Å². The number of nitrogens with one attached hydrogen (secondary N) is 1. The molecular weight excluding hydrogens is 274 g/mol. The smallest absolute Gasteiger partial charge is 0.243 e. The van der Waals surface area contributed by atoms with Crippen LogP contribution in [0.5, 0.6) is 0 Å². The highest BCUT2D eigenvalue weighted by molar-refractivity contribution is 7.89. The van der Waals surface area contributed by atoms with Crippen LogP contribution in [0.2, 0.25) is 0 Å². The first-order chi connectivity index (χ1) is 9.41. The zero-order valence-corrected chi connectivity index (χ0v) is 13.6. The Bertz CT molecular complexity index is 498. The predicted octanol–water partition coefficient (Wildman–Crippen LogP) is 1.69. The molecule has 114 valence electrons. The first-order valence-corrected chi connectivity index (χ1v) is 8.28. The lowest BCUT2D eigenvalue weighted by molar-refractivity contribution is 0.333. The standard InChI is InChI=1S/C14H25N3O2S/c1-5-10-17(12-11-16(3)4)20(18,19)14-8-6-13(15-2)7-9-14/h6-9,15H,5,10-12H2,1-4H3.